The molecule has 1 heterocycles. The van der Waals surface area contributed by atoms with E-state index in [4.69, 9.17) is 5.26 Å². The molecule has 0 aliphatic carbocycles. The van der Waals surface area contributed by atoms with Gasteiger partial charge in [0, 0.05) is 12.4 Å². The van der Waals surface area contributed by atoms with Crippen molar-refractivity contribution in [3.8, 4) is 6.07 Å². The Labute approximate surface area is 108 Å². The van der Waals surface area contributed by atoms with Crippen LogP contribution in [0.1, 0.15) is 22.3 Å². The first kappa shape index (κ1) is 13.1. The first-order chi connectivity index (χ1) is 9.00. The zero-order valence-electron chi connectivity index (χ0n) is 9.78. The van der Waals surface area contributed by atoms with Crippen molar-refractivity contribution in [1.82, 2.24) is 4.98 Å². The normalized spacial score (nSPS) is 11.1. The number of aromatic nitrogens is 1. The summed E-state index contributed by atoms with van der Waals surface area (Å²) in [5.41, 5.74) is 1.22. The van der Waals surface area contributed by atoms with Crippen LogP contribution in [-0.4, -0.2) is 4.98 Å². The summed E-state index contributed by atoms with van der Waals surface area (Å²) in [5.74, 6) is 0. The van der Waals surface area contributed by atoms with Crippen LogP contribution in [0.5, 0.6) is 0 Å². The van der Waals surface area contributed by atoms with Crippen molar-refractivity contribution in [1.29, 1.82) is 5.26 Å². The molecular weight excluding hydrogens is 253 g/mol. The van der Waals surface area contributed by atoms with Crippen LogP contribution in [0, 0.1) is 11.3 Å². The van der Waals surface area contributed by atoms with Gasteiger partial charge in [0.1, 0.15) is 6.07 Å². The number of hydrogen-bond acceptors (Lipinski definition) is 2. The molecule has 0 N–H and O–H groups in total. The van der Waals surface area contributed by atoms with Crippen LogP contribution in [0.15, 0.2) is 42.7 Å². The van der Waals surface area contributed by atoms with Gasteiger partial charge in [-0.25, -0.2) is 0 Å². The van der Waals surface area contributed by atoms with Gasteiger partial charge < -0.3 is 0 Å². The maximum atomic E-state index is 12.4. The Bertz CT molecular complexity index is 610. The lowest BCUT2D eigenvalue weighted by Crippen LogP contribution is -2.04. The van der Waals surface area contributed by atoms with Crippen molar-refractivity contribution < 1.29 is 13.2 Å². The molecule has 5 heteroatoms. The number of alkyl halides is 3. The molecule has 0 spiro atoms. The maximum Gasteiger partial charge on any atom is 0.416 e. The predicted octanol–water partition coefficient (Wildman–Crippen LogP) is 3.56. The minimum atomic E-state index is -4.33. The van der Waals surface area contributed by atoms with Gasteiger partial charge in [-0.15, -0.1) is 0 Å². The highest BCUT2D eigenvalue weighted by atomic mass is 19.4. The molecule has 96 valence electrons. The Morgan fingerprint density at radius 3 is 2.37 bits per heavy atom. The fourth-order valence-electron chi connectivity index (χ4n) is 1.71. The number of benzene rings is 1. The molecule has 0 amide bonds. The van der Waals surface area contributed by atoms with E-state index in [-0.39, 0.29) is 0 Å². The van der Waals surface area contributed by atoms with Crippen molar-refractivity contribution in [2.75, 3.05) is 0 Å². The van der Waals surface area contributed by atoms with Gasteiger partial charge in [-0.2, -0.15) is 18.4 Å². The lowest BCUT2D eigenvalue weighted by atomic mass is 10.0. The van der Waals surface area contributed by atoms with Crippen molar-refractivity contribution in [2.24, 2.45) is 0 Å². The van der Waals surface area contributed by atoms with Crippen LogP contribution >= 0.6 is 0 Å². The fourth-order valence-corrected chi connectivity index (χ4v) is 1.71. The number of pyridine rings is 1. The maximum absolute atomic E-state index is 12.4. The van der Waals surface area contributed by atoms with Crippen LogP contribution in [0.3, 0.4) is 0 Å². The summed E-state index contributed by atoms with van der Waals surface area (Å²) in [7, 11) is 0. The van der Waals surface area contributed by atoms with Gasteiger partial charge in [-0.3, -0.25) is 4.98 Å². The molecule has 0 aliphatic rings. The second-order valence-electron chi connectivity index (χ2n) is 4.02. The first-order valence-corrected chi connectivity index (χ1v) is 5.50. The van der Waals surface area contributed by atoms with Crippen LogP contribution in [0.25, 0.3) is 0 Å². The monoisotopic (exact) mass is 262 g/mol. The van der Waals surface area contributed by atoms with Crippen molar-refractivity contribution in [3.05, 3.63) is 65.0 Å². The van der Waals surface area contributed by atoms with E-state index in [9.17, 15) is 13.2 Å². The highest BCUT2D eigenvalue weighted by Gasteiger charge is 2.29. The molecule has 0 saturated carbocycles. The topological polar surface area (TPSA) is 36.7 Å². The molecule has 0 bridgehead atoms. The second-order valence-corrected chi connectivity index (χ2v) is 4.02. The van der Waals surface area contributed by atoms with Crippen molar-refractivity contribution >= 4 is 0 Å². The smallest absolute Gasteiger partial charge is 0.263 e. The number of rotatable bonds is 2. The van der Waals surface area contributed by atoms with Crippen LogP contribution in [0.2, 0.25) is 0 Å². The first-order valence-electron chi connectivity index (χ1n) is 5.50. The third-order valence-corrected chi connectivity index (χ3v) is 2.71. The number of halogens is 3. The standard InChI is InChI=1S/C14H9F3N2/c15-14(16,17)13-3-1-10(2-4-13)7-11-5-6-19-9-12(11)8-18/h1-6,9H,7H2. The molecule has 0 unspecified atom stereocenters. The van der Waals surface area contributed by atoms with Gasteiger partial charge in [0.05, 0.1) is 11.1 Å². The van der Waals surface area contributed by atoms with E-state index in [1.54, 1.807) is 12.3 Å². The average molecular weight is 262 g/mol. The van der Waals surface area contributed by atoms with Crippen molar-refractivity contribution in [2.45, 2.75) is 12.6 Å². The van der Waals surface area contributed by atoms with E-state index < -0.39 is 11.7 Å². The largest absolute Gasteiger partial charge is 0.416 e. The van der Waals surface area contributed by atoms with E-state index in [1.165, 1.54) is 18.3 Å². The van der Waals surface area contributed by atoms with Crippen LogP contribution in [-0.2, 0) is 12.6 Å². The van der Waals surface area contributed by atoms with Gasteiger partial charge in [-0.1, -0.05) is 12.1 Å². The molecule has 2 nitrogen and oxygen atoms in total. The number of hydrogen-bond donors (Lipinski definition) is 0. The molecular formula is C14H9F3N2. The SMILES string of the molecule is N#Cc1cnccc1Cc1ccc(C(F)(F)F)cc1. The Morgan fingerprint density at radius 2 is 1.79 bits per heavy atom. The minimum absolute atomic E-state index is 0.406. The third-order valence-electron chi connectivity index (χ3n) is 2.71. The van der Waals surface area contributed by atoms with Gasteiger partial charge in [0.25, 0.3) is 0 Å². The van der Waals surface area contributed by atoms with Gasteiger partial charge in [0.2, 0.25) is 0 Å². The second kappa shape index (κ2) is 5.11. The summed E-state index contributed by atoms with van der Waals surface area (Å²) in [5, 5.41) is 8.91. The van der Waals surface area contributed by atoms with Crippen molar-refractivity contribution in [3.63, 3.8) is 0 Å². The molecule has 0 atom stereocenters. The van der Waals surface area contributed by atoms with Gasteiger partial charge in [-0.05, 0) is 35.7 Å². The lowest BCUT2D eigenvalue weighted by Gasteiger charge is -2.08. The summed E-state index contributed by atoms with van der Waals surface area (Å²) < 4.78 is 37.2. The van der Waals surface area contributed by atoms with E-state index in [2.05, 4.69) is 4.98 Å². The Morgan fingerprint density at radius 1 is 1.11 bits per heavy atom. The molecule has 1 aromatic carbocycles. The number of nitrogens with zero attached hydrogens (tertiary/aromatic N) is 2. The molecule has 2 rings (SSSR count). The minimum Gasteiger partial charge on any atom is -0.263 e. The molecule has 0 fully saturated rings. The highest BCUT2D eigenvalue weighted by Crippen LogP contribution is 2.29. The van der Waals surface area contributed by atoms with E-state index in [0.29, 0.717) is 12.0 Å². The summed E-state index contributed by atoms with van der Waals surface area (Å²) in [6.07, 6.45) is -0.920. The van der Waals surface area contributed by atoms with E-state index in [1.807, 2.05) is 6.07 Å². The zero-order valence-corrected chi connectivity index (χ0v) is 9.78. The summed E-state index contributed by atoms with van der Waals surface area (Å²) in [4.78, 5) is 3.83. The molecule has 2 aromatic rings. The lowest BCUT2D eigenvalue weighted by molar-refractivity contribution is -0.137. The van der Waals surface area contributed by atoms with Crippen LogP contribution < -0.4 is 0 Å². The Balaban J connectivity index is 2.23. The molecule has 0 saturated heterocycles. The highest BCUT2D eigenvalue weighted by molar-refractivity contribution is 5.38. The Kier molecular flexibility index (Phi) is 3.52. The summed E-state index contributed by atoms with van der Waals surface area (Å²) in [6.45, 7) is 0. The zero-order chi connectivity index (χ0) is 13.9. The third kappa shape index (κ3) is 3.10. The molecule has 1 aromatic heterocycles. The fraction of sp³-hybridized carbons (Fsp3) is 0.143. The summed E-state index contributed by atoms with van der Waals surface area (Å²) in [6, 6.07) is 8.63. The average Bonchev–Trinajstić information content (AvgIpc) is 2.39. The van der Waals surface area contributed by atoms with Crippen LogP contribution in [0.4, 0.5) is 13.2 Å². The number of nitriles is 1. The van der Waals surface area contributed by atoms with E-state index >= 15 is 0 Å². The molecule has 0 radical (unpaired) electrons. The molecule has 0 aliphatic heterocycles. The Hall–Kier alpha value is -2.35. The van der Waals surface area contributed by atoms with Gasteiger partial charge in [0.15, 0.2) is 0 Å². The summed E-state index contributed by atoms with van der Waals surface area (Å²) >= 11 is 0. The predicted molar refractivity (Wildman–Crippen MR) is 63.2 cm³/mol. The van der Waals surface area contributed by atoms with E-state index in [0.717, 1.165) is 23.3 Å². The quantitative estimate of drug-likeness (QED) is 0.829. The molecule has 19 heavy (non-hydrogen) atoms. The van der Waals surface area contributed by atoms with Gasteiger partial charge >= 0.3 is 6.18 Å².